The molecule has 1 heterocycles. The van der Waals surface area contributed by atoms with Gasteiger partial charge in [-0.05, 0) is 24.0 Å². The maximum Gasteiger partial charge on any atom is 0.0567 e. The largest absolute Gasteiger partial charge is 0.307 e. The van der Waals surface area contributed by atoms with Gasteiger partial charge in [-0.15, -0.1) is 0 Å². The molecule has 1 aromatic carbocycles. The molecule has 1 N–H and O–H groups in total. The van der Waals surface area contributed by atoms with Crippen LogP contribution in [0.3, 0.4) is 0 Å². The lowest BCUT2D eigenvalue weighted by Crippen LogP contribution is -2.41. The average Bonchev–Trinajstić information content (AvgIpc) is 2.31. The summed E-state index contributed by atoms with van der Waals surface area (Å²) in [4.78, 5) is 1.06. The third kappa shape index (κ3) is 2.26. The van der Waals surface area contributed by atoms with E-state index in [9.17, 15) is 4.21 Å². The highest BCUT2D eigenvalue weighted by molar-refractivity contribution is 7.85. The molecular formula is C15H23NOS. The molecule has 0 aliphatic carbocycles. The van der Waals surface area contributed by atoms with Gasteiger partial charge in [0.2, 0.25) is 0 Å². The Hall–Kier alpha value is -0.670. The van der Waals surface area contributed by atoms with E-state index in [1.807, 2.05) is 0 Å². The molecule has 0 aromatic heterocycles. The molecular weight excluding hydrogens is 242 g/mol. The molecule has 100 valence electrons. The first kappa shape index (κ1) is 13.8. The zero-order valence-electron chi connectivity index (χ0n) is 11.9. The maximum atomic E-state index is 12.6. The first-order valence-electron chi connectivity index (χ1n) is 6.69. The monoisotopic (exact) mass is 265 g/mol. The number of aryl methyl sites for hydroxylation is 1. The smallest absolute Gasteiger partial charge is 0.0567 e. The Kier molecular flexibility index (Phi) is 3.93. The van der Waals surface area contributed by atoms with Gasteiger partial charge >= 0.3 is 0 Å². The molecule has 4 atom stereocenters. The van der Waals surface area contributed by atoms with Crippen LogP contribution in [0, 0.1) is 12.8 Å². The number of benzene rings is 1. The average molecular weight is 265 g/mol. The molecule has 0 bridgehead atoms. The Morgan fingerprint density at radius 1 is 1.28 bits per heavy atom. The highest BCUT2D eigenvalue weighted by Gasteiger charge is 2.37. The van der Waals surface area contributed by atoms with Gasteiger partial charge < -0.3 is 5.32 Å². The molecule has 3 heteroatoms. The molecule has 1 aromatic rings. The fraction of sp³-hybridized carbons (Fsp3) is 0.600. The Balaban J connectivity index is 2.53. The van der Waals surface area contributed by atoms with Crippen molar-refractivity contribution < 1.29 is 4.21 Å². The zero-order valence-corrected chi connectivity index (χ0v) is 12.7. The summed E-state index contributed by atoms with van der Waals surface area (Å²) in [7, 11) is -0.877. The van der Waals surface area contributed by atoms with Crippen molar-refractivity contribution in [1.29, 1.82) is 0 Å². The van der Waals surface area contributed by atoms with E-state index in [1.54, 1.807) is 0 Å². The third-order valence-corrected chi connectivity index (χ3v) is 5.96. The Morgan fingerprint density at radius 2 is 1.94 bits per heavy atom. The van der Waals surface area contributed by atoms with Gasteiger partial charge in [0.15, 0.2) is 0 Å². The van der Waals surface area contributed by atoms with E-state index in [1.165, 1.54) is 5.56 Å². The highest BCUT2D eigenvalue weighted by atomic mass is 32.2. The van der Waals surface area contributed by atoms with Crippen LogP contribution in [0.15, 0.2) is 23.1 Å². The topological polar surface area (TPSA) is 29.1 Å². The molecule has 0 amide bonds. The lowest BCUT2D eigenvalue weighted by molar-refractivity contribution is 0.343. The summed E-state index contributed by atoms with van der Waals surface area (Å²) >= 11 is 0. The molecule has 18 heavy (non-hydrogen) atoms. The summed E-state index contributed by atoms with van der Waals surface area (Å²) in [5.41, 5.74) is 2.38. The molecule has 1 aliphatic rings. The van der Waals surface area contributed by atoms with E-state index < -0.39 is 10.8 Å². The fourth-order valence-corrected chi connectivity index (χ4v) is 4.46. The number of rotatable bonds is 2. The standard InChI is InChI=1S/C15H23NOS/c1-9(2)16-14-11(4)12(5)18(17)15-10(3)7-6-8-13(14)15/h6-9,11-12,14,16H,1-5H3. The second kappa shape index (κ2) is 5.14. The molecule has 0 radical (unpaired) electrons. The minimum absolute atomic E-state index is 0.204. The normalized spacial score (nSPS) is 31.4. The van der Waals surface area contributed by atoms with Crippen molar-refractivity contribution in [3.8, 4) is 0 Å². The highest BCUT2D eigenvalue weighted by Crippen LogP contribution is 2.39. The first-order valence-corrected chi connectivity index (χ1v) is 7.91. The molecule has 0 spiro atoms. The van der Waals surface area contributed by atoms with E-state index in [2.05, 4.69) is 58.1 Å². The van der Waals surface area contributed by atoms with Crippen LogP contribution in [0.4, 0.5) is 0 Å². The van der Waals surface area contributed by atoms with Crippen LogP contribution in [0.1, 0.15) is 44.9 Å². The van der Waals surface area contributed by atoms with Crippen molar-refractivity contribution in [2.24, 2.45) is 5.92 Å². The summed E-state index contributed by atoms with van der Waals surface area (Å²) < 4.78 is 12.6. The van der Waals surface area contributed by atoms with Crippen LogP contribution in [-0.4, -0.2) is 15.5 Å². The van der Waals surface area contributed by atoms with Crippen molar-refractivity contribution in [3.63, 3.8) is 0 Å². The van der Waals surface area contributed by atoms with Gasteiger partial charge in [0.05, 0.1) is 10.8 Å². The Labute approximate surface area is 113 Å². The van der Waals surface area contributed by atoms with Gasteiger partial charge in [-0.25, -0.2) is 0 Å². The van der Waals surface area contributed by atoms with E-state index in [0.29, 0.717) is 18.0 Å². The predicted octanol–water partition coefficient (Wildman–Crippen LogP) is 3.18. The van der Waals surface area contributed by atoms with Crippen molar-refractivity contribution in [3.05, 3.63) is 29.3 Å². The van der Waals surface area contributed by atoms with Crippen LogP contribution < -0.4 is 5.32 Å². The van der Waals surface area contributed by atoms with Gasteiger partial charge in [-0.3, -0.25) is 4.21 Å². The van der Waals surface area contributed by atoms with Crippen LogP contribution in [0.25, 0.3) is 0 Å². The Bertz CT molecular complexity index is 470. The van der Waals surface area contributed by atoms with E-state index in [4.69, 9.17) is 0 Å². The van der Waals surface area contributed by atoms with Crippen molar-refractivity contribution in [2.75, 3.05) is 0 Å². The van der Waals surface area contributed by atoms with E-state index in [-0.39, 0.29) is 5.25 Å². The summed E-state index contributed by atoms with van der Waals surface area (Å²) in [6.45, 7) is 10.7. The second-order valence-corrected chi connectivity index (χ2v) is 7.40. The van der Waals surface area contributed by atoms with Crippen molar-refractivity contribution >= 4 is 10.8 Å². The van der Waals surface area contributed by atoms with Crippen molar-refractivity contribution in [2.45, 2.75) is 56.8 Å². The van der Waals surface area contributed by atoms with Crippen LogP contribution in [0.2, 0.25) is 0 Å². The van der Waals surface area contributed by atoms with Gasteiger partial charge in [0, 0.05) is 22.2 Å². The zero-order chi connectivity index (χ0) is 13.4. The predicted molar refractivity (Wildman–Crippen MR) is 77.2 cm³/mol. The van der Waals surface area contributed by atoms with Crippen molar-refractivity contribution in [1.82, 2.24) is 5.32 Å². The van der Waals surface area contributed by atoms with Crippen LogP contribution in [-0.2, 0) is 10.8 Å². The summed E-state index contributed by atoms with van der Waals surface area (Å²) in [6.07, 6.45) is 0. The second-order valence-electron chi connectivity index (χ2n) is 5.65. The molecule has 2 rings (SSSR count). The van der Waals surface area contributed by atoms with E-state index >= 15 is 0 Å². The first-order chi connectivity index (χ1) is 8.43. The minimum atomic E-state index is -0.877. The van der Waals surface area contributed by atoms with Gasteiger partial charge in [-0.2, -0.15) is 0 Å². The summed E-state index contributed by atoms with van der Waals surface area (Å²) in [6, 6.07) is 7.01. The third-order valence-electron chi connectivity index (χ3n) is 3.90. The lowest BCUT2D eigenvalue weighted by Gasteiger charge is -2.37. The SMILES string of the molecule is Cc1cccc2c1S(=O)C(C)C(C)C2NC(C)C. The summed E-state index contributed by atoms with van der Waals surface area (Å²) in [5, 5.41) is 3.83. The molecule has 0 saturated heterocycles. The number of fused-ring (bicyclic) bond motifs is 1. The molecule has 0 fully saturated rings. The fourth-order valence-electron chi connectivity index (χ4n) is 2.73. The molecule has 0 saturated carbocycles. The summed E-state index contributed by atoms with van der Waals surface area (Å²) in [5.74, 6) is 0.391. The number of hydrogen-bond donors (Lipinski definition) is 1. The molecule has 4 unspecified atom stereocenters. The van der Waals surface area contributed by atoms with Gasteiger partial charge in [0.1, 0.15) is 0 Å². The number of nitrogens with one attached hydrogen (secondary N) is 1. The Morgan fingerprint density at radius 3 is 2.56 bits per heavy atom. The maximum absolute atomic E-state index is 12.6. The van der Waals surface area contributed by atoms with E-state index in [0.717, 1.165) is 10.5 Å². The van der Waals surface area contributed by atoms with Gasteiger partial charge in [-0.1, -0.05) is 45.9 Å². The lowest BCUT2D eigenvalue weighted by atomic mass is 9.90. The molecule has 2 nitrogen and oxygen atoms in total. The van der Waals surface area contributed by atoms with Crippen LogP contribution in [0.5, 0.6) is 0 Å². The molecule has 1 aliphatic heterocycles. The van der Waals surface area contributed by atoms with Gasteiger partial charge in [0.25, 0.3) is 0 Å². The number of hydrogen-bond acceptors (Lipinski definition) is 2. The van der Waals surface area contributed by atoms with Crippen LogP contribution >= 0.6 is 0 Å². The quantitative estimate of drug-likeness (QED) is 0.890. The minimum Gasteiger partial charge on any atom is -0.307 e.